The van der Waals surface area contributed by atoms with E-state index in [1.165, 1.54) is 32.1 Å². The highest BCUT2D eigenvalue weighted by atomic mass is 16.3. The van der Waals surface area contributed by atoms with Crippen LogP contribution in [0.4, 0.5) is 0 Å². The molecule has 0 radical (unpaired) electrons. The van der Waals surface area contributed by atoms with Gasteiger partial charge in [-0.05, 0) is 32.1 Å². The van der Waals surface area contributed by atoms with Crippen LogP contribution in [-0.2, 0) is 4.79 Å². The molecule has 2 aliphatic rings. The van der Waals surface area contributed by atoms with Crippen LogP contribution in [0, 0.1) is 0 Å². The van der Waals surface area contributed by atoms with Crippen LogP contribution in [0.3, 0.4) is 0 Å². The van der Waals surface area contributed by atoms with Gasteiger partial charge in [-0.15, -0.1) is 0 Å². The number of nitrogens with zero attached hydrogens (tertiary/aromatic N) is 1. The summed E-state index contributed by atoms with van der Waals surface area (Å²) in [4.78, 5) is 14.4. The minimum atomic E-state index is -0.171. The topological polar surface area (TPSA) is 40.5 Å². The molecule has 2 saturated heterocycles. The van der Waals surface area contributed by atoms with Crippen LogP contribution >= 0.6 is 0 Å². The molecule has 1 amide bonds. The van der Waals surface area contributed by atoms with Gasteiger partial charge in [0.25, 0.3) is 0 Å². The lowest BCUT2D eigenvalue weighted by Gasteiger charge is -2.37. The number of amides is 1. The number of aliphatic hydroxyl groups excluding tert-OH is 1. The molecular formula is C16H29NO2. The molecule has 110 valence electrons. The molecule has 2 atom stereocenters. The van der Waals surface area contributed by atoms with Crippen molar-refractivity contribution in [3.8, 4) is 0 Å². The Kier molecular flexibility index (Phi) is 5.68. The molecule has 3 nitrogen and oxygen atoms in total. The fraction of sp³-hybridized carbons (Fsp3) is 0.938. The van der Waals surface area contributed by atoms with Gasteiger partial charge in [0.2, 0.25) is 5.91 Å². The second-order valence-electron chi connectivity index (χ2n) is 6.33. The Morgan fingerprint density at radius 1 is 1.05 bits per heavy atom. The van der Waals surface area contributed by atoms with E-state index in [1.807, 2.05) is 0 Å². The zero-order valence-electron chi connectivity index (χ0n) is 12.3. The number of hydrogen-bond donors (Lipinski definition) is 1. The lowest BCUT2D eigenvalue weighted by atomic mass is 9.99. The number of piperidine rings is 1. The van der Waals surface area contributed by atoms with Crippen molar-refractivity contribution in [3.63, 3.8) is 0 Å². The van der Waals surface area contributed by atoms with Crippen LogP contribution in [0.25, 0.3) is 0 Å². The van der Waals surface area contributed by atoms with E-state index in [0.29, 0.717) is 18.0 Å². The quantitative estimate of drug-likeness (QED) is 0.719. The highest BCUT2D eigenvalue weighted by Gasteiger charge is 2.42. The predicted molar refractivity (Wildman–Crippen MR) is 76.9 cm³/mol. The van der Waals surface area contributed by atoms with Gasteiger partial charge in [-0.2, -0.15) is 0 Å². The second-order valence-corrected chi connectivity index (χ2v) is 6.33. The summed E-state index contributed by atoms with van der Waals surface area (Å²) in [5.74, 6) is 0.342. The normalized spacial score (nSPS) is 29.8. The van der Waals surface area contributed by atoms with E-state index in [4.69, 9.17) is 0 Å². The average Bonchev–Trinajstić information content (AvgIpc) is 2.66. The summed E-state index contributed by atoms with van der Waals surface area (Å²) in [5, 5.41) is 9.75. The number of aliphatic hydroxyl groups is 1. The van der Waals surface area contributed by atoms with Gasteiger partial charge in [0.05, 0.1) is 6.10 Å². The van der Waals surface area contributed by atoms with E-state index in [2.05, 4.69) is 11.8 Å². The zero-order chi connectivity index (χ0) is 13.7. The van der Waals surface area contributed by atoms with Crippen molar-refractivity contribution in [1.82, 2.24) is 4.90 Å². The molecule has 0 aliphatic carbocycles. The summed E-state index contributed by atoms with van der Waals surface area (Å²) < 4.78 is 0. The fourth-order valence-corrected chi connectivity index (χ4v) is 3.74. The van der Waals surface area contributed by atoms with Gasteiger partial charge in [0.15, 0.2) is 0 Å². The molecule has 1 N–H and O–H groups in total. The third kappa shape index (κ3) is 3.95. The zero-order valence-corrected chi connectivity index (χ0v) is 12.3. The molecule has 19 heavy (non-hydrogen) atoms. The largest absolute Gasteiger partial charge is 0.393 e. The van der Waals surface area contributed by atoms with Crippen LogP contribution in [0.2, 0.25) is 0 Å². The van der Waals surface area contributed by atoms with Crippen LogP contribution in [-0.4, -0.2) is 34.1 Å². The van der Waals surface area contributed by atoms with Crippen LogP contribution in [0.15, 0.2) is 0 Å². The van der Waals surface area contributed by atoms with Gasteiger partial charge in [-0.3, -0.25) is 4.79 Å². The van der Waals surface area contributed by atoms with Crippen molar-refractivity contribution < 1.29 is 9.90 Å². The van der Waals surface area contributed by atoms with Crippen molar-refractivity contribution in [1.29, 1.82) is 0 Å². The summed E-state index contributed by atoms with van der Waals surface area (Å²) in [5.41, 5.74) is 0. The number of carbonyl (C=O) groups excluding carboxylic acids is 1. The molecule has 2 bridgehead atoms. The predicted octanol–water partition coefficient (Wildman–Crippen LogP) is 3.25. The fourth-order valence-electron chi connectivity index (χ4n) is 3.74. The van der Waals surface area contributed by atoms with Gasteiger partial charge in [0.1, 0.15) is 0 Å². The maximum Gasteiger partial charge on any atom is 0.223 e. The Bertz CT molecular complexity index is 278. The van der Waals surface area contributed by atoms with E-state index in [0.717, 1.165) is 38.5 Å². The highest BCUT2D eigenvalue weighted by Crippen LogP contribution is 2.36. The van der Waals surface area contributed by atoms with Gasteiger partial charge in [0, 0.05) is 18.5 Å². The number of rotatable bonds is 7. The van der Waals surface area contributed by atoms with Crippen molar-refractivity contribution in [3.05, 3.63) is 0 Å². The molecule has 0 aromatic heterocycles. The van der Waals surface area contributed by atoms with Crippen LogP contribution < -0.4 is 0 Å². The molecule has 2 unspecified atom stereocenters. The Balaban J connectivity index is 1.66. The molecule has 0 spiro atoms. The van der Waals surface area contributed by atoms with Crippen molar-refractivity contribution >= 4 is 5.91 Å². The van der Waals surface area contributed by atoms with Gasteiger partial charge in [-0.25, -0.2) is 0 Å². The molecule has 0 aromatic rings. The maximum atomic E-state index is 12.3. The van der Waals surface area contributed by atoms with Gasteiger partial charge >= 0.3 is 0 Å². The second kappa shape index (κ2) is 7.28. The smallest absolute Gasteiger partial charge is 0.223 e. The Labute approximate surface area is 117 Å². The van der Waals surface area contributed by atoms with E-state index in [1.54, 1.807) is 0 Å². The highest BCUT2D eigenvalue weighted by molar-refractivity contribution is 5.77. The van der Waals surface area contributed by atoms with Crippen molar-refractivity contribution in [2.75, 3.05) is 0 Å². The van der Waals surface area contributed by atoms with Gasteiger partial charge in [-0.1, -0.05) is 39.0 Å². The molecular weight excluding hydrogens is 238 g/mol. The average molecular weight is 267 g/mol. The summed E-state index contributed by atoms with van der Waals surface area (Å²) in [6.45, 7) is 2.23. The third-order valence-corrected chi connectivity index (χ3v) is 4.74. The first-order chi connectivity index (χ1) is 9.22. The van der Waals surface area contributed by atoms with Crippen LogP contribution in [0.5, 0.6) is 0 Å². The first-order valence-electron chi connectivity index (χ1n) is 8.21. The van der Waals surface area contributed by atoms with E-state index in [9.17, 15) is 9.90 Å². The number of carbonyl (C=O) groups is 1. The molecule has 3 heteroatoms. The van der Waals surface area contributed by atoms with E-state index in [-0.39, 0.29) is 6.10 Å². The minimum Gasteiger partial charge on any atom is -0.393 e. The molecule has 2 heterocycles. The number of fused-ring (bicyclic) bond motifs is 2. The molecule has 0 aromatic carbocycles. The van der Waals surface area contributed by atoms with E-state index < -0.39 is 0 Å². The van der Waals surface area contributed by atoms with Crippen molar-refractivity contribution in [2.45, 2.75) is 95.7 Å². The Morgan fingerprint density at radius 3 is 2.26 bits per heavy atom. The Morgan fingerprint density at radius 2 is 1.63 bits per heavy atom. The SMILES string of the molecule is CCCCCCCCC(=O)N1C2CCC1CC(O)C2. The third-order valence-electron chi connectivity index (χ3n) is 4.74. The maximum absolute atomic E-state index is 12.3. The van der Waals surface area contributed by atoms with E-state index >= 15 is 0 Å². The summed E-state index contributed by atoms with van der Waals surface area (Å²) in [7, 11) is 0. The minimum absolute atomic E-state index is 0.171. The summed E-state index contributed by atoms with van der Waals surface area (Å²) in [6.07, 6.45) is 11.8. The molecule has 2 fully saturated rings. The monoisotopic (exact) mass is 267 g/mol. The lowest BCUT2D eigenvalue weighted by Crippen LogP contribution is -2.47. The molecule has 0 saturated carbocycles. The lowest BCUT2D eigenvalue weighted by molar-refractivity contribution is -0.137. The number of unbranched alkanes of at least 4 members (excludes halogenated alkanes) is 5. The first-order valence-corrected chi connectivity index (χ1v) is 8.21. The molecule has 2 aliphatic heterocycles. The standard InChI is InChI=1S/C16H29NO2/c1-2-3-4-5-6-7-8-16(19)17-13-9-10-14(17)12-15(18)11-13/h13-15,18H,2-12H2,1H3. The first kappa shape index (κ1) is 14.8. The molecule has 2 rings (SSSR count). The van der Waals surface area contributed by atoms with Gasteiger partial charge < -0.3 is 10.0 Å². The Hall–Kier alpha value is -0.570. The summed E-state index contributed by atoms with van der Waals surface area (Å²) in [6, 6.07) is 0.669. The number of hydrogen-bond acceptors (Lipinski definition) is 2. The van der Waals surface area contributed by atoms with Crippen LogP contribution in [0.1, 0.15) is 77.6 Å². The summed E-state index contributed by atoms with van der Waals surface area (Å²) >= 11 is 0. The van der Waals surface area contributed by atoms with Crippen molar-refractivity contribution in [2.24, 2.45) is 0 Å².